The number of carboxylic acid groups (broad SMARTS) is 1. The highest BCUT2D eigenvalue weighted by atomic mass is 32.1. The third-order valence-electron chi connectivity index (χ3n) is 2.44. The molecular weight excluding hydrogens is 290 g/mol. The van der Waals surface area contributed by atoms with E-state index in [9.17, 15) is 9.59 Å². The quantitative estimate of drug-likeness (QED) is 0.805. The fourth-order valence-corrected chi connectivity index (χ4v) is 2.17. The van der Waals surface area contributed by atoms with Crippen molar-refractivity contribution in [2.45, 2.75) is 0 Å². The van der Waals surface area contributed by atoms with Crippen LogP contribution in [0, 0.1) is 0 Å². The predicted molar refractivity (Wildman–Crippen MR) is 81.6 cm³/mol. The van der Waals surface area contributed by atoms with E-state index in [-0.39, 0.29) is 5.91 Å². The van der Waals surface area contributed by atoms with Crippen LogP contribution in [0.4, 0.5) is 5.69 Å². The molecular formula is C15H13NO4S. The smallest absolute Gasteiger partial charge is 0.341 e. The Morgan fingerprint density at radius 3 is 2.76 bits per heavy atom. The summed E-state index contributed by atoms with van der Waals surface area (Å²) in [6, 6.07) is 10.5. The molecule has 0 unspecified atom stereocenters. The second kappa shape index (κ2) is 7.25. The molecule has 0 saturated heterocycles. The lowest BCUT2D eigenvalue weighted by Gasteiger charge is -2.09. The molecule has 0 spiro atoms. The summed E-state index contributed by atoms with van der Waals surface area (Å²) in [5.74, 6) is -1.07. The zero-order chi connectivity index (χ0) is 15.1. The molecule has 1 aromatic heterocycles. The van der Waals surface area contributed by atoms with Gasteiger partial charge in [0.2, 0.25) is 5.91 Å². The van der Waals surface area contributed by atoms with Crippen molar-refractivity contribution in [2.24, 2.45) is 0 Å². The van der Waals surface area contributed by atoms with Crippen LogP contribution < -0.4 is 10.1 Å². The fourth-order valence-electron chi connectivity index (χ4n) is 1.55. The molecule has 6 heteroatoms. The summed E-state index contributed by atoms with van der Waals surface area (Å²) in [4.78, 5) is 23.3. The summed E-state index contributed by atoms with van der Waals surface area (Å²) in [6.07, 6.45) is 3.13. The number of rotatable bonds is 6. The van der Waals surface area contributed by atoms with Gasteiger partial charge >= 0.3 is 5.97 Å². The Morgan fingerprint density at radius 2 is 2.05 bits per heavy atom. The first kappa shape index (κ1) is 14.8. The lowest BCUT2D eigenvalue weighted by molar-refractivity contribution is -0.139. The Balaban J connectivity index is 2.01. The molecule has 2 N–H and O–H groups in total. The molecule has 0 aliphatic heterocycles. The minimum absolute atomic E-state index is 0.310. The maximum Gasteiger partial charge on any atom is 0.341 e. The number of hydrogen-bond donors (Lipinski definition) is 2. The molecule has 0 radical (unpaired) electrons. The summed E-state index contributed by atoms with van der Waals surface area (Å²) < 4.78 is 5.11. The van der Waals surface area contributed by atoms with E-state index in [4.69, 9.17) is 9.84 Å². The van der Waals surface area contributed by atoms with E-state index in [1.165, 1.54) is 17.4 Å². The first-order valence-corrected chi connectivity index (χ1v) is 6.99. The van der Waals surface area contributed by atoms with Crippen molar-refractivity contribution in [2.75, 3.05) is 11.9 Å². The highest BCUT2D eigenvalue weighted by molar-refractivity contribution is 7.10. The lowest BCUT2D eigenvalue weighted by atomic mass is 10.3. The van der Waals surface area contributed by atoms with Crippen molar-refractivity contribution in [3.8, 4) is 5.75 Å². The van der Waals surface area contributed by atoms with Crippen LogP contribution in [0.1, 0.15) is 4.88 Å². The lowest BCUT2D eigenvalue weighted by Crippen LogP contribution is -2.13. The minimum atomic E-state index is -1.08. The number of anilines is 1. The zero-order valence-electron chi connectivity index (χ0n) is 11.0. The molecule has 5 nitrogen and oxygen atoms in total. The molecule has 1 aromatic carbocycles. The van der Waals surface area contributed by atoms with Gasteiger partial charge in [0.25, 0.3) is 0 Å². The van der Waals surface area contributed by atoms with E-state index in [1.54, 1.807) is 30.3 Å². The number of ether oxygens (including phenoxy) is 1. The van der Waals surface area contributed by atoms with Crippen LogP contribution in [0.2, 0.25) is 0 Å². The van der Waals surface area contributed by atoms with Gasteiger partial charge in [-0.3, -0.25) is 4.79 Å². The normalized spacial score (nSPS) is 10.5. The second-order valence-corrected chi connectivity index (χ2v) is 5.00. The number of amides is 1. The standard InChI is InChI=1S/C15H13NO4S/c17-14(8-7-11-4-3-9-21-11)16-12-5-1-2-6-13(12)20-10-15(18)19/h1-9H,10H2,(H,16,17)(H,18,19). The molecule has 108 valence electrons. The second-order valence-electron chi connectivity index (χ2n) is 4.02. The maximum atomic E-state index is 11.8. The van der Waals surface area contributed by atoms with E-state index in [0.717, 1.165) is 4.88 Å². The molecule has 1 heterocycles. The highest BCUT2D eigenvalue weighted by Crippen LogP contribution is 2.23. The van der Waals surface area contributed by atoms with E-state index in [0.29, 0.717) is 11.4 Å². The summed E-state index contributed by atoms with van der Waals surface area (Å²) in [6.45, 7) is -0.460. The number of carbonyl (C=O) groups is 2. The molecule has 0 saturated carbocycles. The van der Waals surface area contributed by atoms with Gasteiger partial charge in [-0.25, -0.2) is 4.79 Å². The van der Waals surface area contributed by atoms with Crippen LogP contribution in [0.3, 0.4) is 0 Å². The van der Waals surface area contributed by atoms with Crippen LogP contribution in [-0.4, -0.2) is 23.6 Å². The fraction of sp³-hybridized carbons (Fsp3) is 0.0667. The van der Waals surface area contributed by atoms with Crippen LogP contribution >= 0.6 is 11.3 Å². The number of thiophene rings is 1. The Morgan fingerprint density at radius 1 is 1.24 bits per heavy atom. The molecule has 0 aliphatic carbocycles. The minimum Gasteiger partial charge on any atom is -0.480 e. The third kappa shape index (κ3) is 4.77. The molecule has 0 atom stereocenters. The molecule has 2 rings (SSSR count). The summed E-state index contributed by atoms with van der Waals surface area (Å²) in [5, 5.41) is 13.2. The first-order valence-electron chi connectivity index (χ1n) is 6.11. The molecule has 0 fully saturated rings. The Labute approximate surface area is 125 Å². The predicted octanol–water partition coefficient (Wildman–Crippen LogP) is 2.86. The molecule has 1 amide bonds. The van der Waals surface area contributed by atoms with Crippen LogP contribution in [0.15, 0.2) is 47.9 Å². The van der Waals surface area contributed by atoms with Crippen molar-refractivity contribution in [1.29, 1.82) is 0 Å². The van der Waals surface area contributed by atoms with E-state index in [1.807, 2.05) is 17.5 Å². The average molecular weight is 303 g/mol. The number of aliphatic carboxylic acids is 1. The van der Waals surface area contributed by atoms with E-state index in [2.05, 4.69) is 5.32 Å². The summed E-state index contributed by atoms with van der Waals surface area (Å²) in [5.41, 5.74) is 0.430. The topological polar surface area (TPSA) is 75.6 Å². The zero-order valence-corrected chi connectivity index (χ0v) is 11.8. The summed E-state index contributed by atoms with van der Waals surface area (Å²) in [7, 11) is 0. The molecule has 0 bridgehead atoms. The maximum absolute atomic E-state index is 11.8. The van der Waals surface area contributed by atoms with E-state index < -0.39 is 12.6 Å². The van der Waals surface area contributed by atoms with Gasteiger partial charge in [-0.05, 0) is 29.7 Å². The monoisotopic (exact) mass is 303 g/mol. The molecule has 21 heavy (non-hydrogen) atoms. The van der Waals surface area contributed by atoms with Crippen molar-refractivity contribution in [1.82, 2.24) is 0 Å². The Bertz CT molecular complexity index is 649. The van der Waals surface area contributed by atoms with Crippen LogP contribution in [0.5, 0.6) is 5.75 Å². The SMILES string of the molecule is O=C(O)COc1ccccc1NC(=O)C=Cc1cccs1. The highest BCUT2D eigenvalue weighted by Gasteiger charge is 2.07. The average Bonchev–Trinajstić information content (AvgIpc) is 2.97. The Kier molecular flexibility index (Phi) is 5.11. The van der Waals surface area contributed by atoms with Crippen molar-refractivity contribution in [3.05, 3.63) is 52.7 Å². The Hall–Kier alpha value is -2.60. The first-order chi connectivity index (χ1) is 10.1. The number of carboxylic acids is 1. The van der Waals surface area contributed by atoms with Crippen LogP contribution in [-0.2, 0) is 9.59 Å². The van der Waals surface area contributed by atoms with Gasteiger partial charge in [-0.1, -0.05) is 18.2 Å². The number of benzene rings is 1. The van der Waals surface area contributed by atoms with Crippen molar-refractivity contribution >= 4 is 35.0 Å². The van der Waals surface area contributed by atoms with Crippen molar-refractivity contribution < 1.29 is 19.4 Å². The number of hydrogen-bond acceptors (Lipinski definition) is 4. The van der Waals surface area contributed by atoms with Gasteiger partial charge < -0.3 is 15.2 Å². The largest absolute Gasteiger partial charge is 0.480 e. The van der Waals surface area contributed by atoms with Gasteiger partial charge in [0, 0.05) is 11.0 Å². The van der Waals surface area contributed by atoms with Crippen molar-refractivity contribution in [3.63, 3.8) is 0 Å². The third-order valence-corrected chi connectivity index (χ3v) is 3.28. The molecule has 0 aliphatic rings. The van der Waals surface area contributed by atoms with Gasteiger partial charge in [0.05, 0.1) is 5.69 Å². The molecule has 2 aromatic rings. The van der Waals surface area contributed by atoms with Gasteiger partial charge in [-0.2, -0.15) is 0 Å². The number of nitrogens with one attached hydrogen (secondary N) is 1. The van der Waals surface area contributed by atoms with E-state index >= 15 is 0 Å². The van der Waals surface area contributed by atoms with Gasteiger partial charge in [-0.15, -0.1) is 11.3 Å². The van der Waals surface area contributed by atoms with Gasteiger partial charge in [0.15, 0.2) is 6.61 Å². The van der Waals surface area contributed by atoms with Gasteiger partial charge in [0.1, 0.15) is 5.75 Å². The van der Waals surface area contributed by atoms with Crippen LogP contribution in [0.25, 0.3) is 6.08 Å². The number of carbonyl (C=O) groups excluding carboxylic acids is 1. The number of para-hydroxylation sites is 2. The summed E-state index contributed by atoms with van der Waals surface area (Å²) >= 11 is 1.53.